The minimum Gasteiger partial charge on any atom is -0.481 e. The Morgan fingerprint density at radius 1 is 1.18 bits per heavy atom. The molecule has 0 radical (unpaired) electrons. The van der Waals surface area contributed by atoms with Crippen molar-refractivity contribution in [1.29, 1.82) is 0 Å². The zero-order chi connectivity index (χ0) is 15.4. The minimum absolute atomic E-state index is 0.165. The maximum absolute atomic E-state index is 12.1. The van der Waals surface area contributed by atoms with E-state index in [0.717, 1.165) is 11.3 Å². The van der Waals surface area contributed by atoms with E-state index in [1.54, 1.807) is 6.92 Å². The molecule has 2 aromatic rings. The van der Waals surface area contributed by atoms with Gasteiger partial charge in [0.15, 0.2) is 17.6 Å². The first kappa shape index (κ1) is 14.3. The number of hydrogen-bond donors (Lipinski definition) is 1. The quantitative estimate of drug-likeness (QED) is 0.921. The number of hydrogen-bond acceptors (Lipinski definition) is 4. The van der Waals surface area contributed by atoms with Crippen LogP contribution in [0.5, 0.6) is 17.2 Å². The summed E-state index contributed by atoms with van der Waals surface area (Å²) in [6, 6.07) is 14.9. The zero-order valence-electron chi connectivity index (χ0n) is 12.2. The van der Waals surface area contributed by atoms with E-state index in [4.69, 9.17) is 14.2 Å². The number of ether oxygens (including phenoxy) is 3. The fraction of sp³-hybridized carbons (Fsp3) is 0.235. The van der Waals surface area contributed by atoms with Gasteiger partial charge in [0, 0.05) is 6.54 Å². The van der Waals surface area contributed by atoms with Gasteiger partial charge in [0.05, 0.1) is 0 Å². The van der Waals surface area contributed by atoms with Crippen LogP contribution in [0, 0.1) is 0 Å². The number of carbonyl (C=O) groups is 1. The molecule has 114 valence electrons. The molecule has 0 saturated carbocycles. The van der Waals surface area contributed by atoms with Gasteiger partial charge in [-0.3, -0.25) is 4.79 Å². The van der Waals surface area contributed by atoms with Crippen LogP contribution in [0.2, 0.25) is 0 Å². The van der Waals surface area contributed by atoms with Crippen LogP contribution in [-0.2, 0) is 11.3 Å². The van der Waals surface area contributed by atoms with Crippen molar-refractivity contribution in [2.24, 2.45) is 0 Å². The van der Waals surface area contributed by atoms with E-state index in [1.165, 1.54) is 0 Å². The molecule has 1 aliphatic rings. The Morgan fingerprint density at radius 2 is 1.95 bits per heavy atom. The monoisotopic (exact) mass is 299 g/mol. The number of carbonyl (C=O) groups excluding carboxylic acids is 1. The Morgan fingerprint density at radius 3 is 2.77 bits per heavy atom. The Bertz CT molecular complexity index is 657. The molecule has 0 fully saturated rings. The molecule has 3 rings (SSSR count). The smallest absolute Gasteiger partial charge is 0.261 e. The van der Waals surface area contributed by atoms with Crippen molar-refractivity contribution in [1.82, 2.24) is 5.32 Å². The Hall–Kier alpha value is -2.69. The van der Waals surface area contributed by atoms with Crippen LogP contribution in [0.3, 0.4) is 0 Å². The summed E-state index contributed by atoms with van der Waals surface area (Å²) in [5.74, 6) is 1.95. The molecule has 1 N–H and O–H groups in total. The fourth-order valence-electron chi connectivity index (χ4n) is 2.14. The number of amides is 1. The number of rotatable bonds is 5. The molecule has 0 aliphatic carbocycles. The SMILES string of the molecule is C[C@H](Oc1ccccc1)C(=O)NCc1ccc2c(c1)OCO2. The molecule has 22 heavy (non-hydrogen) atoms. The second kappa shape index (κ2) is 6.39. The predicted molar refractivity (Wildman–Crippen MR) is 80.9 cm³/mol. The van der Waals surface area contributed by atoms with Gasteiger partial charge in [-0.2, -0.15) is 0 Å². The van der Waals surface area contributed by atoms with Crippen LogP contribution in [-0.4, -0.2) is 18.8 Å². The number of benzene rings is 2. The van der Waals surface area contributed by atoms with E-state index >= 15 is 0 Å². The van der Waals surface area contributed by atoms with Crippen molar-refractivity contribution in [3.05, 3.63) is 54.1 Å². The lowest BCUT2D eigenvalue weighted by Crippen LogP contribution is -2.35. The van der Waals surface area contributed by atoms with Crippen LogP contribution in [0.25, 0.3) is 0 Å². The molecule has 0 spiro atoms. The number of para-hydroxylation sites is 1. The summed E-state index contributed by atoms with van der Waals surface area (Å²) in [5.41, 5.74) is 0.949. The first-order valence-electron chi connectivity index (χ1n) is 7.10. The second-order valence-corrected chi connectivity index (χ2v) is 4.98. The van der Waals surface area contributed by atoms with Crippen LogP contribution in [0.15, 0.2) is 48.5 Å². The van der Waals surface area contributed by atoms with Gasteiger partial charge in [-0.25, -0.2) is 0 Å². The van der Waals surface area contributed by atoms with Crippen LogP contribution >= 0.6 is 0 Å². The molecule has 0 saturated heterocycles. The summed E-state index contributed by atoms with van der Waals surface area (Å²) in [6.07, 6.45) is -0.559. The van der Waals surface area contributed by atoms with Gasteiger partial charge in [-0.05, 0) is 36.8 Å². The topological polar surface area (TPSA) is 56.8 Å². The van der Waals surface area contributed by atoms with Crippen LogP contribution < -0.4 is 19.5 Å². The van der Waals surface area contributed by atoms with Gasteiger partial charge in [0.25, 0.3) is 5.91 Å². The molecule has 1 aliphatic heterocycles. The summed E-state index contributed by atoms with van der Waals surface area (Å²) in [5, 5.41) is 2.85. The third-order valence-electron chi connectivity index (χ3n) is 3.33. The van der Waals surface area contributed by atoms with Crippen molar-refractivity contribution in [3.8, 4) is 17.2 Å². The van der Waals surface area contributed by atoms with E-state index in [1.807, 2.05) is 48.5 Å². The summed E-state index contributed by atoms with van der Waals surface area (Å²) >= 11 is 0. The lowest BCUT2D eigenvalue weighted by atomic mass is 10.2. The highest BCUT2D eigenvalue weighted by Crippen LogP contribution is 2.32. The fourth-order valence-corrected chi connectivity index (χ4v) is 2.14. The van der Waals surface area contributed by atoms with Crippen LogP contribution in [0.1, 0.15) is 12.5 Å². The molecular weight excluding hydrogens is 282 g/mol. The van der Waals surface area contributed by atoms with Gasteiger partial charge >= 0.3 is 0 Å². The molecule has 0 aromatic heterocycles. The highest BCUT2D eigenvalue weighted by molar-refractivity contribution is 5.80. The third-order valence-corrected chi connectivity index (χ3v) is 3.33. The highest BCUT2D eigenvalue weighted by Gasteiger charge is 2.16. The van der Waals surface area contributed by atoms with Gasteiger partial charge in [-0.1, -0.05) is 24.3 Å². The van der Waals surface area contributed by atoms with Crippen molar-refractivity contribution in [2.75, 3.05) is 6.79 Å². The van der Waals surface area contributed by atoms with Crippen molar-refractivity contribution >= 4 is 5.91 Å². The van der Waals surface area contributed by atoms with E-state index in [2.05, 4.69) is 5.32 Å². The van der Waals surface area contributed by atoms with E-state index in [9.17, 15) is 4.79 Å². The first-order chi connectivity index (χ1) is 10.7. The lowest BCUT2D eigenvalue weighted by Gasteiger charge is -2.14. The normalized spacial score (nSPS) is 13.5. The van der Waals surface area contributed by atoms with E-state index < -0.39 is 6.10 Å². The summed E-state index contributed by atoms with van der Waals surface area (Å²) in [6.45, 7) is 2.38. The molecular formula is C17H17NO4. The zero-order valence-corrected chi connectivity index (χ0v) is 12.2. The molecule has 5 heteroatoms. The lowest BCUT2D eigenvalue weighted by molar-refractivity contribution is -0.127. The summed E-state index contributed by atoms with van der Waals surface area (Å²) in [4.78, 5) is 12.1. The molecule has 1 heterocycles. The molecule has 1 amide bonds. The van der Waals surface area contributed by atoms with E-state index in [0.29, 0.717) is 18.0 Å². The second-order valence-electron chi connectivity index (χ2n) is 4.98. The predicted octanol–water partition coefficient (Wildman–Crippen LogP) is 2.50. The maximum Gasteiger partial charge on any atom is 0.261 e. The van der Waals surface area contributed by atoms with Crippen LogP contribution in [0.4, 0.5) is 0 Å². The van der Waals surface area contributed by atoms with Crippen molar-refractivity contribution in [3.63, 3.8) is 0 Å². The molecule has 1 atom stereocenters. The Labute approximate surface area is 128 Å². The van der Waals surface area contributed by atoms with Gasteiger partial charge < -0.3 is 19.5 Å². The maximum atomic E-state index is 12.1. The van der Waals surface area contributed by atoms with E-state index in [-0.39, 0.29) is 12.7 Å². The number of fused-ring (bicyclic) bond motifs is 1. The Balaban J connectivity index is 1.53. The summed E-state index contributed by atoms with van der Waals surface area (Å²) < 4.78 is 16.1. The third kappa shape index (κ3) is 3.31. The molecule has 2 aromatic carbocycles. The van der Waals surface area contributed by atoms with Crippen molar-refractivity contribution < 1.29 is 19.0 Å². The largest absolute Gasteiger partial charge is 0.481 e. The molecule has 0 bridgehead atoms. The average Bonchev–Trinajstić information content (AvgIpc) is 3.01. The minimum atomic E-state index is -0.559. The highest BCUT2D eigenvalue weighted by atomic mass is 16.7. The average molecular weight is 299 g/mol. The van der Waals surface area contributed by atoms with Gasteiger partial charge in [-0.15, -0.1) is 0 Å². The number of nitrogens with one attached hydrogen (secondary N) is 1. The van der Waals surface area contributed by atoms with Crippen molar-refractivity contribution in [2.45, 2.75) is 19.6 Å². The first-order valence-corrected chi connectivity index (χ1v) is 7.10. The summed E-state index contributed by atoms with van der Waals surface area (Å²) in [7, 11) is 0. The standard InChI is InChI=1S/C17H17NO4/c1-12(22-14-5-3-2-4-6-14)17(19)18-10-13-7-8-15-16(9-13)21-11-20-15/h2-9,12H,10-11H2,1H3,(H,18,19)/t12-/m0/s1. The Kier molecular flexibility index (Phi) is 4.14. The molecule has 0 unspecified atom stereocenters. The molecule has 5 nitrogen and oxygen atoms in total. The van der Waals surface area contributed by atoms with Gasteiger partial charge in [0.2, 0.25) is 6.79 Å². The van der Waals surface area contributed by atoms with Gasteiger partial charge in [0.1, 0.15) is 5.75 Å².